The molecular formula is C22H26N4O2S. The molecule has 0 aliphatic carbocycles. The van der Waals surface area contributed by atoms with E-state index in [4.69, 9.17) is 22.1 Å². The fourth-order valence-corrected chi connectivity index (χ4v) is 3.99. The van der Waals surface area contributed by atoms with Crippen molar-refractivity contribution in [3.63, 3.8) is 0 Å². The molecule has 0 radical (unpaired) electrons. The van der Waals surface area contributed by atoms with Gasteiger partial charge in [0.15, 0.2) is 5.82 Å². The third kappa shape index (κ3) is 4.27. The molecule has 1 saturated heterocycles. The monoisotopic (exact) mass is 410 g/mol. The van der Waals surface area contributed by atoms with Gasteiger partial charge in [-0.15, -0.1) is 5.10 Å². The Labute approximate surface area is 176 Å². The highest BCUT2D eigenvalue weighted by Crippen LogP contribution is 2.25. The van der Waals surface area contributed by atoms with E-state index in [0.717, 1.165) is 42.2 Å². The van der Waals surface area contributed by atoms with Gasteiger partial charge in [-0.3, -0.25) is 9.47 Å². The molecule has 0 bridgehead atoms. The van der Waals surface area contributed by atoms with Gasteiger partial charge in [0.25, 0.3) is 0 Å². The number of β-amino-alcohol motifs (C(OH)–C–C–N with tert-alkyl or cyclic N) is 1. The van der Waals surface area contributed by atoms with Crippen LogP contribution in [0.4, 0.5) is 0 Å². The number of ether oxygens (including phenoxy) is 1. The van der Waals surface area contributed by atoms with Crippen LogP contribution in [-0.4, -0.2) is 50.7 Å². The van der Waals surface area contributed by atoms with E-state index >= 15 is 0 Å². The highest BCUT2D eigenvalue weighted by Gasteiger charge is 2.20. The Morgan fingerprint density at radius 2 is 1.86 bits per heavy atom. The molecule has 1 N–H and O–H groups in total. The first-order valence-corrected chi connectivity index (χ1v) is 10.3. The van der Waals surface area contributed by atoms with Crippen molar-refractivity contribution in [3.05, 3.63) is 58.9 Å². The molecule has 1 atom stereocenters. The lowest BCUT2D eigenvalue weighted by atomic mass is 10.1. The number of benzene rings is 2. The van der Waals surface area contributed by atoms with E-state index < -0.39 is 0 Å². The van der Waals surface area contributed by atoms with Crippen molar-refractivity contribution in [1.82, 2.24) is 19.2 Å². The summed E-state index contributed by atoms with van der Waals surface area (Å²) in [7, 11) is 1.66. The SMILES string of the molecule is COc1ccc(-c2nn(CN3CCC[C@@H](O)C3)c(=S)n2-c2ccc(C)cc2)cc1. The van der Waals surface area contributed by atoms with Crippen molar-refractivity contribution >= 4 is 12.2 Å². The Kier molecular flexibility index (Phi) is 5.80. The zero-order valence-electron chi connectivity index (χ0n) is 16.8. The molecule has 1 aromatic heterocycles. The number of hydrogen-bond donors (Lipinski definition) is 1. The number of rotatable bonds is 5. The van der Waals surface area contributed by atoms with Gasteiger partial charge in [-0.1, -0.05) is 17.7 Å². The molecule has 29 heavy (non-hydrogen) atoms. The summed E-state index contributed by atoms with van der Waals surface area (Å²) in [5.74, 6) is 1.59. The van der Waals surface area contributed by atoms with Gasteiger partial charge in [0, 0.05) is 24.3 Å². The average Bonchev–Trinajstić information content (AvgIpc) is 3.05. The maximum absolute atomic E-state index is 10.0. The number of hydrogen-bond acceptors (Lipinski definition) is 5. The Hall–Kier alpha value is -2.48. The van der Waals surface area contributed by atoms with Crippen molar-refractivity contribution in [2.24, 2.45) is 0 Å². The Bertz CT molecular complexity index is 1020. The maximum Gasteiger partial charge on any atom is 0.204 e. The van der Waals surface area contributed by atoms with Crippen LogP contribution < -0.4 is 4.74 Å². The predicted octanol–water partition coefficient (Wildman–Crippen LogP) is 3.80. The number of aliphatic hydroxyl groups is 1. The van der Waals surface area contributed by atoms with E-state index in [0.29, 0.717) is 18.0 Å². The first-order valence-electron chi connectivity index (χ1n) is 9.87. The van der Waals surface area contributed by atoms with E-state index in [1.165, 1.54) is 5.56 Å². The van der Waals surface area contributed by atoms with Crippen molar-refractivity contribution in [2.45, 2.75) is 32.5 Å². The molecule has 3 aromatic rings. The summed E-state index contributed by atoms with van der Waals surface area (Å²) in [5.41, 5.74) is 3.15. The van der Waals surface area contributed by atoms with Gasteiger partial charge >= 0.3 is 0 Å². The van der Waals surface area contributed by atoms with Crippen LogP contribution >= 0.6 is 12.2 Å². The van der Waals surface area contributed by atoms with Crippen LogP contribution in [0.1, 0.15) is 18.4 Å². The highest BCUT2D eigenvalue weighted by atomic mass is 32.1. The third-order valence-corrected chi connectivity index (χ3v) is 5.69. The number of likely N-dealkylation sites (tertiary alicyclic amines) is 1. The van der Waals surface area contributed by atoms with E-state index in [1.54, 1.807) is 7.11 Å². The molecule has 152 valence electrons. The lowest BCUT2D eigenvalue weighted by Crippen LogP contribution is -2.39. The van der Waals surface area contributed by atoms with Crippen LogP contribution in [0, 0.1) is 11.7 Å². The maximum atomic E-state index is 10.0. The first-order chi connectivity index (χ1) is 14.0. The fourth-order valence-electron chi connectivity index (χ4n) is 3.70. The number of piperidine rings is 1. The summed E-state index contributed by atoms with van der Waals surface area (Å²) in [6.45, 7) is 4.22. The van der Waals surface area contributed by atoms with Crippen molar-refractivity contribution in [1.29, 1.82) is 0 Å². The second-order valence-corrected chi connectivity index (χ2v) is 7.88. The third-order valence-electron chi connectivity index (χ3n) is 5.29. The number of aryl methyl sites for hydroxylation is 1. The smallest absolute Gasteiger partial charge is 0.204 e. The summed E-state index contributed by atoms with van der Waals surface area (Å²) in [6, 6.07) is 16.1. The van der Waals surface area contributed by atoms with Gasteiger partial charge in [-0.05, 0) is 68.4 Å². The molecule has 1 aliphatic rings. The zero-order chi connectivity index (χ0) is 20.4. The normalized spacial score (nSPS) is 17.4. The molecule has 0 unspecified atom stereocenters. The van der Waals surface area contributed by atoms with Crippen LogP contribution in [0.3, 0.4) is 0 Å². The van der Waals surface area contributed by atoms with Crippen molar-refractivity contribution in [2.75, 3.05) is 20.2 Å². The fraction of sp³-hybridized carbons (Fsp3) is 0.364. The van der Waals surface area contributed by atoms with Crippen LogP contribution in [0.5, 0.6) is 5.75 Å². The molecule has 6 nitrogen and oxygen atoms in total. The molecule has 2 heterocycles. The largest absolute Gasteiger partial charge is 0.497 e. The molecule has 1 aliphatic heterocycles. The second kappa shape index (κ2) is 8.49. The van der Waals surface area contributed by atoms with Crippen LogP contribution in [-0.2, 0) is 6.67 Å². The van der Waals surface area contributed by atoms with Crippen molar-refractivity contribution < 1.29 is 9.84 Å². The van der Waals surface area contributed by atoms with Gasteiger partial charge in [-0.25, -0.2) is 4.68 Å². The predicted molar refractivity (Wildman–Crippen MR) is 116 cm³/mol. The van der Waals surface area contributed by atoms with Gasteiger partial charge in [0.1, 0.15) is 5.75 Å². The molecule has 2 aromatic carbocycles. The summed E-state index contributed by atoms with van der Waals surface area (Å²) >= 11 is 5.82. The molecular weight excluding hydrogens is 384 g/mol. The summed E-state index contributed by atoms with van der Waals surface area (Å²) in [6.07, 6.45) is 1.56. The van der Waals surface area contributed by atoms with E-state index in [-0.39, 0.29) is 6.10 Å². The molecule has 0 spiro atoms. The highest BCUT2D eigenvalue weighted by molar-refractivity contribution is 7.71. The number of aromatic nitrogens is 3. The van der Waals surface area contributed by atoms with Gasteiger partial charge in [-0.2, -0.15) is 0 Å². The molecule has 0 saturated carbocycles. The first kappa shape index (κ1) is 19.8. The average molecular weight is 411 g/mol. The minimum Gasteiger partial charge on any atom is -0.497 e. The number of methoxy groups -OCH3 is 1. The molecule has 1 fully saturated rings. The Morgan fingerprint density at radius 1 is 1.14 bits per heavy atom. The molecule has 0 amide bonds. The van der Waals surface area contributed by atoms with Crippen LogP contribution in [0.2, 0.25) is 0 Å². The Morgan fingerprint density at radius 3 is 2.52 bits per heavy atom. The van der Waals surface area contributed by atoms with Gasteiger partial charge < -0.3 is 9.84 Å². The van der Waals surface area contributed by atoms with E-state index in [9.17, 15) is 5.11 Å². The van der Waals surface area contributed by atoms with Crippen LogP contribution in [0.15, 0.2) is 48.5 Å². The lowest BCUT2D eigenvalue weighted by Gasteiger charge is -2.29. The summed E-state index contributed by atoms with van der Waals surface area (Å²) in [5, 5.41) is 14.9. The summed E-state index contributed by atoms with van der Waals surface area (Å²) in [4.78, 5) is 2.20. The number of aliphatic hydroxyl groups excluding tert-OH is 1. The lowest BCUT2D eigenvalue weighted by molar-refractivity contribution is 0.0513. The number of nitrogens with zero attached hydrogens (tertiary/aromatic N) is 4. The minimum absolute atomic E-state index is 0.279. The van der Waals surface area contributed by atoms with E-state index in [1.807, 2.05) is 33.5 Å². The Balaban J connectivity index is 1.77. The van der Waals surface area contributed by atoms with Crippen molar-refractivity contribution in [3.8, 4) is 22.8 Å². The van der Waals surface area contributed by atoms with Crippen LogP contribution in [0.25, 0.3) is 17.1 Å². The quantitative estimate of drug-likeness (QED) is 0.649. The topological polar surface area (TPSA) is 55.4 Å². The molecule has 4 rings (SSSR count). The zero-order valence-corrected chi connectivity index (χ0v) is 17.6. The van der Waals surface area contributed by atoms with E-state index in [2.05, 4.69) is 36.1 Å². The molecule has 7 heteroatoms. The summed E-state index contributed by atoms with van der Waals surface area (Å²) < 4.78 is 9.79. The minimum atomic E-state index is -0.279. The standard InChI is InChI=1S/C22H26N4O2S/c1-16-5-9-18(10-6-16)26-21(17-7-11-20(28-2)12-8-17)23-25(22(26)29)15-24-13-3-4-19(27)14-24/h5-12,19,27H,3-4,13-15H2,1-2H3/t19-/m1/s1. The van der Waals surface area contributed by atoms with Gasteiger partial charge in [0.05, 0.1) is 19.9 Å². The van der Waals surface area contributed by atoms with Gasteiger partial charge in [0.2, 0.25) is 4.77 Å². The second-order valence-electron chi connectivity index (χ2n) is 7.52.